The van der Waals surface area contributed by atoms with Gasteiger partial charge in [-0.25, -0.2) is 8.42 Å². The molecule has 0 fully saturated rings. The number of nitrogens with one attached hydrogen (secondary N) is 2. The summed E-state index contributed by atoms with van der Waals surface area (Å²) < 4.78 is 30.5. The van der Waals surface area contributed by atoms with Gasteiger partial charge in [-0.3, -0.25) is 9.40 Å². The smallest absolute Gasteiger partial charge is 0.264 e. The lowest BCUT2D eigenvalue weighted by molar-refractivity contribution is 0.571. The fourth-order valence-corrected chi connectivity index (χ4v) is 2.96. The van der Waals surface area contributed by atoms with Gasteiger partial charge in [0.2, 0.25) is 0 Å². The molecule has 2 rings (SSSR count). The van der Waals surface area contributed by atoms with E-state index >= 15 is 0 Å². The van der Waals surface area contributed by atoms with E-state index in [1.54, 1.807) is 36.3 Å². The third-order valence-electron chi connectivity index (χ3n) is 3.04. The molecule has 2 aromatic rings. The number of sulfonamides is 1. The first-order valence-electron chi connectivity index (χ1n) is 6.69. The Hall–Kier alpha value is -1.80. The SMILES string of the molecule is CC(C)NCc1cc(S(=O)(=O)Nc2ccn(C)n2)cn1C. The lowest BCUT2D eigenvalue weighted by Gasteiger charge is -2.08. The predicted molar refractivity (Wildman–Crippen MR) is 81.4 cm³/mol. The van der Waals surface area contributed by atoms with E-state index in [1.165, 1.54) is 0 Å². The molecule has 2 N–H and O–H groups in total. The Morgan fingerprint density at radius 2 is 2.05 bits per heavy atom. The molecule has 0 spiro atoms. The molecule has 8 heteroatoms. The molecule has 0 unspecified atom stereocenters. The van der Waals surface area contributed by atoms with Crippen molar-refractivity contribution in [1.29, 1.82) is 0 Å². The second kappa shape index (κ2) is 5.90. The first kappa shape index (κ1) is 15.6. The first-order valence-corrected chi connectivity index (χ1v) is 8.17. The van der Waals surface area contributed by atoms with E-state index in [0.29, 0.717) is 18.4 Å². The monoisotopic (exact) mass is 311 g/mol. The number of rotatable bonds is 6. The Morgan fingerprint density at radius 1 is 1.33 bits per heavy atom. The summed E-state index contributed by atoms with van der Waals surface area (Å²) in [6.45, 7) is 4.71. The van der Waals surface area contributed by atoms with Crippen LogP contribution in [0.15, 0.2) is 29.4 Å². The molecule has 0 radical (unpaired) electrons. The van der Waals surface area contributed by atoms with Crippen LogP contribution in [0.3, 0.4) is 0 Å². The lowest BCUT2D eigenvalue weighted by atomic mass is 10.3. The molecule has 0 aliphatic rings. The summed E-state index contributed by atoms with van der Waals surface area (Å²) in [7, 11) is -0.0520. The van der Waals surface area contributed by atoms with Crippen molar-refractivity contribution < 1.29 is 8.42 Å². The molecular formula is C13H21N5O2S. The molecule has 2 heterocycles. The fraction of sp³-hybridized carbons (Fsp3) is 0.462. The number of anilines is 1. The Kier molecular flexibility index (Phi) is 4.38. The third-order valence-corrected chi connectivity index (χ3v) is 4.36. The summed E-state index contributed by atoms with van der Waals surface area (Å²) in [6.07, 6.45) is 3.28. The van der Waals surface area contributed by atoms with Crippen molar-refractivity contribution in [3.05, 3.63) is 30.2 Å². The largest absolute Gasteiger partial charge is 0.352 e. The van der Waals surface area contributed by atoms with E-state index in [-0.39, 0.29) is 4.90 Å². The van der Waals surface area contributed by atoms with Crippen LogP contribution in [0.25, 0.3) is 0 Å². The highest BCUT2D eigenvalue weighted by atomic mass is 32.2. The van der Waals surface area contributed by atoms with Crippen molar-refractivity contribution in [3.63, 3.8) is 0 Å². The van der Waals surface area contributed by atoms with Crippen LogP contribution >= 0.6 is 0 Å². The average Bonchev–Trinajstić information content (AvgIpc) is 2.93. The standard InChI is InChI=1S/C13H21N5O2S/c1-10(2)14-8-11-7-12(9-17(11)3)21(19,20)16-13-5-6-18(4)15-13/h5-7,9-10,14H,8H2,1-4H3,(H,15,16). The van der Waals surface area contributed by atoms with E-state index < -0.39 is 10.0 Å². The molecule has 0 saturated heterocycles. The van der Waals surface area contributed by atoms with Crippen LogP contribution in [0.1, 0.15) is 19.5 Å². The van der Waals surface area contributed by atoms with E-state index in [9.17, 15) is 8.42 Å². The van der Waals surface area contributed by atoms with Crippen LogP contribution in [-0.2, 0) is 30.7 Å². The number of nitrogens with zero attached hydrogens (tertiary/aromatic N) is 3. The van der Waals surface area contributed by atoms with Crippen molar-refractivity contribution in [1.82, 2.24) is 19.7 Å². The maximum Gasteiger partial charge on any atom is 0.264 e. The molecule has 0 bridgehead atoms. The Balaban J connectivity index is 2.18. The molecule has 0 saturated carbocycles. The molecule has 0 amide bonds. The number of hydrogen-bond acceptors (Lipinski definition) is 4. The van der Waals surface area contributed by atoms with Gasteiger partial charge in [0.05, 0.1) is 0 Å². The van der Waals surface area contributed by atoms with Gasteiger partial charge in [0.25, 0.3) is 10.0 Å². The van der Waals surface area contributed by atoms with Gasteiger partial charge in [-0.15, -0.1) is 0 Å². The highest BCUT2D eigenvalue weighted by Gasteiger charge is 2.18. The molecule has 0 aliphatic carbocycles. The summed E-state index contributed by atoms with van der Waals surface area (Å²) in [5.41, 5.74) is 0.907. The fourth-order valence-electron chi connectivity index (χ4n) is 1.87. The van der Waals surface area contributed by atoms with Gasteiger partial charge in [0.15, 0.2) is 5.82 Å². The van der Waals surface area contributed by atoms with E-state index in [0.717, 1.165) is 5.69 Å². The van der Waals surface area contributed by atoms with Gasteiger partial charge in [-0.2, -0.15) is 5.10 Å². The number of aryl methyl sites for hydroxylation is 2. The molecule has 21 heavy (non-hydrogen) atoms. The predicted octanol–water partition coefficient (Wildman–Crippen LogP) is 1.06. The van der Waals surface area contributed by atoms with Crippen LogP contribution in [-0.4, -0.2) is 28.8 Å². The van der Waals surface area contributed by atoms with Gasteiger partial charge >= 0.3 is 0 Å². The highest BCUT2D eigenvalue weighted by molar-refractivity contribution is 7.92. The maximum absolute atomic E-state index is 12.3. The van der Waals surface area contributed by atoms with Crippen LogP contribution in [0.4, 0.5) is 5.82 Å². The lowest BCUT2D eigenvalue weighted by Crippen LogP contribution is -2.22. The van der Waals surface area contributed by atoms with Crippen molar-refractivity contribution >= 4 is 15.8 Å². The molecule has 2 aromatic heterocycles. The second-order valence-corrected chi connectivity index (χ2v) is 6.98. The second-order valence-electron chi connectivity index (χ2n) is 5.29. The Labute approximate surface area is 125 Å². The van der Waals surface area contributed by atoms with Crippen LogP contribution in [0, 0.1) is 0 Å². The highest BCUT2D eigenvalue weighted by Crippen LogP contribution is 2.17. The van der Waals surface area contributed by atoms with Gasteiger partial charge in [-0.05, 0) is 6.07 Å². The minimum Gasteiger partial charge on any atom is -0.352 e. The minimum absolute atomic E-state index is 0.233. The van der Waals surface area contributed by atoms with Crippen molar-refractivity contribution in [2.24, 2.45) is 14.1 Å². The zero-order chi connectivity index (χ0) is 15.6. The molecular weight excluding hydrogens is 290 g/mol. The van der Waals surface area contributed by atoms with Gasteiger partial charge in [-0.1, -0.05) is 13.8 Å². The molecule has 116 valence electrons. The average molecular weight is 311 g/mol. The van der Waals surface area contributed by atoms with E-state index in [1.807, 2.05) is 25.5 Å². The van der Waals surface area contributed by atoms with Crippen LogP contribution < -0.4 is 10.0 Å². The normalized spacial score (nSPS) is 12.0. The van der Waals surface area contributed by atoms with Gasteiger partial charge < -0.3 is 9.88 Å². The Morgan fingerprint density at radius 3 is 2.62 bits per heavy atom. The van der Waals surface area contributed by atoms with Crippen molar-refractivity contribution in [3.8, 4) is 0 Å². The zero-order valence-electron chi connectivity index (χ0n) is 12.7. The third kappa shape index (κ3) is 3.85. The van der Waals surface area contributed by atoms with Crippen molar-refractivity contribution in [2.75, 3.05) is 4.72 Å². The quantitative estimate of drug-likeness (QED) is 0.836. The summed E-state index contributed by atoms with van der Waals surface area (Å²) in [6, 6.07) is 3.62. The molecule has 0 aliphatic heterocycles. The van der Waals surface area contributed by atoms with E-state index in [2.05, 4.69) is 15.1 Å². The van der Waals surface area contributed by atoms with Crippen LogP contribution in [0.5, 0.6) is 0 Å². The topological polar surface area (TPSA) is 81.0 Å². The zero-order valence-corrected chi connectivity index (χ0v) is 13.5. The summed E-state index contributed by atoms with van der Waals surface area (Å²) in [5, 5.41) is 7.29. The Bertz CT molecular complexity index is 715. The van der Waals surface area contributed by atoms with Crippen LogP contribution in [0.2, 0.25) is 0 Å². The molecule has 0 atom stereocenters. The number of aromatic nitrogens is 3. The summed E-state index contributed by atoms with van der Waals surface area (Å²) in [5.74, 6) is 0.309. The molecule has 0 aromatic carbocycles. The van der Waals surface area contributed by atoms with Gasteiger partial charge in [0, 0.05) is 50.8 Å². The van der Waals surface area contributed by atoms with Crippen molar-refractivity contribution in [2.45, 2.75) is 31.3 Å². The minimum atomic E-state index is -3.61. The molecule has 7 nitrogen and oxygen atoms in total. The van der Waals surface area contributed by atoms with Gasteiger partial charge in [0.1, 0.15) is 4.90 Å². The summed E-state index contributed by atoms with van der Waals surface area (Å²) in [4.78, 5) is 0.233. The summed E-state index contributed by atoms with van der Waals surface area (Å²) >= 11 is 0. The maximum atomic E-state index is 12.3. The number of hydrogen-bond donors (Lipinski definition) is 2. The first-order chi connectivity index (χ1) is 9.78. The van der Waals surface area contributed by atoms with E-state index in [4.69, 9.17) is 0 Å².